The van der Waals surface area contributed by atoms with E-state index in [1.165, 1.54) is 12.1 Å². The van der Waals surface area contributed by atoms with E-state index in [9.17, 15) is 12.8 Å². The molecule has 3 nitrogen and oxygen atoms in total. The SMILES string of the molecule is C[C@H](NS(=O)(=O)CCCCl)c1cccc(F)c1. The fraction of sp³-hybridized carbons (Fsp3) is 0.455. The van der Waals surface area contributed by atoms with Crippen molar-refractivity contribution in [1.29, 1.82) is 0 Å². The van der Waals surface area contributed by atoms with Gasteiger partial charge in [-0.2, -0.15) is 0 Å². The standard InChI is InChI=1S/C11H15ClFNO2S/c1-9(10-4-2-5-11(13)8-10)14-17(15,16)7-3-6-12/h2,4-5,8-9,14H,3,6-7H2,1H3/t9-/m0/s1. The maximum absolute atomic E-state index is 13.0. The molecule has 0 aliphatic rings. The van der Waals surface area contributed by atoms with Crippen molar-refractivity contribution in [3.05, 3.63) is 35.6 Å². The molecule has 1 N–H and O–H groups in total. The normalized spacial score (nSPS) is 13.6. The van der Waals surface area contributed by atoms with Crippen LogP contribution in [0, 0.1) is 5.82 Å². The van der Waals surface area contributed by atoms with Gasteiger partial charge >= 0.3 is 0 Å². The molecule has 0 heterocycles. The minimum Gasteiger partial charge on any atom is -0.212 e. The maximum atomic E-state index is 13.0. The van der Waals surface area contributed by atoms with Crippen LogP contribution in [-0.2, 0) is 10.0 Å². The van der Waals surface area contributed by atoms with Crippen molar-refractivity contribution in [2.45, 2.75) is 19.4 Å². The van der Waals surface area contributed by atoms with Gasteiger partial charge in [0.1, 0.15) is 5.82 Å². The van der Waals surface area contributed by atoms with E-state index in [4.69, 9.17) is 11.6 Å². The molecule has 0 amide bonds. The number of benzene rings is 1. The first kappa shape index (κ1) is 14.4. The molecule has 0 radical (unpaired) electrons. The molecule has 6 heteroatoms. The highest BCUT2D eigenvalue weighted by Crippen LogP contribution is 2.14. The van der Waals surface area contributed by atoms with Crippen LogP contribution in [0.1, 0.15) is 24.9 Å². The molecule has 0 aliphatic carbocycles. The second-order valence-electron chi connectivity index (χ2n) is 3.76. The van der Waals surface area contributed by atoms with Crippen molar-refractivity contribution in [2.24, 2.45) is 0 Å². The van der Waals surface area contributed by atoms with Crippen molar-refractivity contribution < 1.29 is 12.8 Å². The Balaban J connectivity index is 2.69. The van der Waals surface area contributed by atoms with Gasteiger partial charge in [0.05, 0.1) is 5.75 Å². The van der Waals surface area contributed by atoms with Crippen LogP contribution in [0.2, 0.25) is 0 Å². The highest BCUT2D eigenvalue weighted by molar-refractivity contribution is 7.89. The number of nitrogens with one attached hydrogen (secondary N) is 1. The third-order valence-corrected chi connectivity index (χ3v) is 4.06. The summed E-state index contributed by atoms with van der Waals surface area (Å²) in [6, 6.07) is 5.41. The second kappa shape index (κ2) is 6.33. The van der Waals surface area contributed by atoms with Crippen LogP contribution in [-0.4, -0.2) is 20.1 Å². The Morgan fingerprint density at radius 3 is 2.76 bits per heavy atom. The molecule has 0 fully saturated rings. The average molecular weight is 280 g/mol. The molecule has 1 aromatic rings. The number of sulfonamides is 1. The number of halogens is 2. The van der Waals surface area contributed by atoms with Gasteiger partial charge in [0.25, 0.3) is 0 Å². The molecule has 0 bridgehead atoms. The fourth-order valence-corrected chi connectivity index (χ4v) is 3.03. The van der Waals surface area contributed by atoms with Gasteiger partial charge in [0, 0.05) is 11.9 Å². The van der Waals surface area contributed by atoms with Crippen LogP contribution >= 0.6 is 11.6 Å². The van der Waals surface area contributed by atoms with Crippen LogP contribution in [0.5, 0.6) is 0 Å². The zero-order chi connectivity index (χ0) is 12.9. The van der Waals surface area contributed by atoms with Crippen molar-refractivity contribution in [2.75, 3.05) is 11.6 Å². The molecule has 1 aromatic carbocycles. The summed E-state index contributed by atoms with van der Waals surface area (Å²) < 4.78 is 38.6. The van der Waals surface area contributed by atoms with Gasteiger partial charge in [-0.05, 0) is 31.0 Å². The maximum Gasteiger partial charge on any atom is 0.212 e. The molecule has 0 saturated heterocycles. The highest BCUT2D eigenvalue weighted by Gasteiger charge is 2.15. The molecule has 96 valence electrons. The molecule has 0 unspecified atom stereocenters. The lowest BCUT2D eigenvalue weighted by molar-refractivity contribution is 0.563. The van der Waals surface area contributed by atoms with E-state index in [0.29, 0.717) is 17.9 Å². The first-order valence-electron chi connectivity index (χ1n) is 5.26. The summed E-state index contributed by atoms with van der Waals surface area (Å²) in [5, 5.41) is 0. The van der Waals surface area contributed by atoms with Crippen LogP contribution in [0.4, 0.5) is 4.39 Å². The summed E-state index contributed by atoms with van der Waals surface area (Å²) >= 11 is 5.44. The molecule has 1 rings (SSSR count). The smallest absolute Gasteiger partial charge is 0.212 e. The van der Waals surface area contributed by atoms with Crippen molar-refractivity contribution >= 4 is 21.6 Å². The molecule has 0 aromatic heterocycles. The lowest BCUT2D eigenvalue weighted by Gasteiger charge is -2.14. The van der Waals surface area contributed by atoms with Gasteiger partial charge in [-0.3, -0.25) is 0 Å². The molecule has 17 heavy (non-hydrogen) atoms. The number of alkyl halides is 1. The summed E-state index contributed by atoms with van der Waals surface area (Å²) in [6.45, 7) is 1.67. The van der Waals surface area contributed by atoms with Crippen LogP contribution in [0.25, 0.3) is 0 Å². The molecular formula is C11H15ClFNO2S. The minimum atomic E-state index is -3.36. The Morgan fingerprint density at radius 1 is 1.47 bits per heavy atom. The Morgan fingerprint density at radius 2 is 2.18 bits per heavy atom. The largest absolute Gasteiger partial charge is 0.212 e. The van der Waals surface area contributed by atoms with E-state index >= 15 is 0 Å². The second-order valence-corrected chi connectivity index (χ2v) is 6.01. The van der Waals surface area contributed by atoms with Gasteiger partial charge in [-0.15, -0.1) is 11.6 Å². The predicted molar refractivity (Wildman–Crippen MR) is 67.1 cm³/mol. The van der Waals surface area contributed by atoms with Crippen molar-refractivity contribution in [1.82, 2.24) is 4.72 Å². The lowest BCUT2D eigenvalue weighted by Crippen LogP contribution is -2.29. The van der Waals surface area contributed by atoms with Gasteiger partial charge in [-0.1, -0.05) is 12.1 Å². The fourth-order valence-electron chi connectivity index (χ4n) is 1.42. The van der Waals surface area contributed by atoms with E-state index in [-0.39, 0.29) is 11.6 Å². The number of hydrogen-bond donors (Lipinski definition) is 1. The third kappa shape index (κ3) is 5.02. The minimum absolute atomic E-state index is 0.0177. The monoisotopic (exact) mass is 279 g/mol. The Bertz CT molecular complexity index is 464. The molecule has 0 spiro atoms. The Kier molecular flexibility index (Phi) is 5.36. The molecule has 0 saturated carbocycles. The van der Waals surface area contributed by atoms with Gasteiger partial charge < -0.3 is 0 Å². The first-order valence-corrected chi connectivity index (χ1v) is 7.45. The van der Waals surface area contributed by atoms with E-state index in [0.717, 1.165) is 0 Å². The summed E-state index contributed by atoms with van der Waals surface area (Å²) in [5.41, 5.74) is 0.597. The molecule has 1 atom stereocenters. The van der Waals surface area contributed by atoms with E-state index < -0.39 is 16.1 Å². The van der Waals surface area contributed by atoms with Crippen molar-refractivity contribution in [3.63, 3.8) is 0 Å². The van der Waals surface area contributed by atoms with Crippen LogP contribution < -0.4 is 4.72 Å². The van der Waals surface area contributed by atoms with E-state index in [2.05, 4.69) is 4.72 Å². The number of hydrogen-bond acceptors (Lipinski definition) is 2. The predicted octanol–water partition coefficient (Wildman–Crippen LogP) is 2.44. The zero-order valence-electron chi connectivity index (χ0n) is 9.49. The zero-order valence-corrected chi connectivity index (χ0v) is 11.1. The van der Waals surface area contributed by atoms with Gasteiger partial charge in [-0.25, -0.2) is 17.5 Å². The van der Waals surface area contributed by atoms with Crippen molar-refractivity contribution in [3.8, 4) is 0 Å². The molecular weight excluding hydrogens is 265 g/mol. The quantitative estimate of drug-likeness (QED) is 0.813. The Labute approximate surface area is 106 Å². The molecule has 0 aliphatic heterocycles. The van der Waals surface area contributed by atoms with E-state index in [1.807, 2.05) is 0 Å². The average Bonchev–Trinajstić information content (AvgIpc) is 2.26. The number of rotatable bonds is 6. The Hall–Kier alpha value is -0.650. The van der Waals surface area contributed by atoms with E-state index in [1.54, 1.807) is 19.1 Å². The topological polar surface area (TPSA) is 46.2 Å². The summed E-state index contributed by atoms with van der Waals surface area (Å²) in [5.74, 6) is -0.0971. The van der Waals surface area contributed by atoms with Gasteiger partial charge in [0.15, 0.2) is 0 Å². The highest BCUT2D eigenvalue weighted by atomic mass is 35.5. The van der Waals surface area contributed by atoms with Crippen LogP contribution in [0.15, 0.2) is 24.3 Å². The van der Waals surface area contributed by atoms with Crippen LogP contribution in [0.3, 0.4) is 0 Å². The first-order chi connectivity index (χ1) is 7.94. The van der Waals surface area contributed by atoms with Gasteiger partial charge in [0.2, 0.25) is 10.0 Å². The summed E-state index contributed by atoms with van der Waals surface area (Å²) in [6.07, 6.45) is 0.396. The summed E-state index contributed by atoms with van der Waals surface area (Å²) in [4.78, 5) is 0. The third-order valence-electron chi connectivity index (χ3n) is 2.25. The lowest BCUT2D eigenvalue weighted by atomic mass is 10.1. The summed E-state index contributed by atoms with van der Waals surface area (Å²) in [7, 11) is -3.36.